The van der Waals surface area contributed by atoms with Crippen molar-refractivity contribution in [2.45, 2.75) is 31.7 Å². The van der Waals surface area contributed by atoms with Crippen molar-refractivity contribution < 1.29 is 9.84 Å². The van der Waals surface area contributed by atoms with E-state index in [0.29, 0.717) is 12.4 Å². The molecule has 1 aromatic heterocycles. The second kappa shape index (κ2) is 8.99. The first-order chi connectivity index (χ1) is 9.64. The highest BCUT2D eigenvalue weighted by Gasteiger charge is 2.16. The molecular formula is C13H24N4O2S. The number of nitrogens with zero attached hydrogens (tertiary/aromatic N) is 2. The van der Waals surface area contributed by atoms with Gasteiger partial charge in [-0.3, -0.25) is 0 Å². The van der Waals surface area contributed by atoms with Crippen LogP contribution in [0.2, 0.25) is 0 Å². The van der Waals surface area contributed by atoms with Gasteiger partial charge in [-0.1, -0.05) is 0 Å². The van der Waals surface area contributed by atoms with E-state index in [0.717, 1.165) is 18.2 Å². The van der Waals surface area contributed by atoms with Crippen LogP contribution in [0.5, 0.6) is 0 Å². The Morgan fingerprint density at radius 2 is 2.10 bits per heavy atom. The predicted octanol–water partition coefficient (Wildman–Crippen LogP) is 1.58. The molecule has 0 amide bonds. The monoisotopic (exact) mass is 300 g/mol. The third-order valence-corrected chi connectivity index (χ3v) is 3.98. The molecule has 0 saturated carbocycles. The maximum Gasteiger partial charge on any atom is 0.158 e. The summed E-state index contributed by atoms with van der Waals surface area (Å²) in [5.74, 6) is 2.14. The molecule has 3 N–H and O–H groups in total. The molecule has 0 fully saturated rings. The second-order valence-electron chi connectivity index (χ2n) is 4.41. The van der Waals surface area contributed by atoms with E-state index in [1.54, 1.807) is 18.9 Å². The van der Waals surface area contributed by atoms with Crippen LogP contribution in [0.25, 0.3) is 0 Å². The highest BCUT2D eigenvalue weighted by Crippen LogP contribution is 2.17. The number of aromatic nitrogens is 2. The Hall–Kier alpha value is -1.05. The Morgan fingerprint density at radius 1 is 1.40 bits per heavy atom. The van der Waals surface area contributed by atoms with E-state index in [-0.39, 0.29) is 17.9 Å². The van der Waals surface area contributed by atoms with Gasteiger partial charge in [0.05, 0.1) is 6.61 Å². The summed E-state index contributed by atoms with van der Waals surface area (Å²) in [6.07, 6.45) is 1.99. The summed E-state index contributed by atoms with van der Waals surface area (Å²) in [4.78, 5) is 8.78. The third kappa shape index (κ3) is 5.15. The minimum Gasteiger partial charge on any atom is -0.395 e. The lowest BCUT2D eigenvalue weighted by Crippen LogP contribution is -2.31. The molecular weight excluding hydrogens is 276 g/mol. The molecule has 2 unspecified atom stereocenters. The molecule has 20 heavy (non-hydrogen) atoms. The molecule has 1 aromatic rings. The molecule has 0 aliphatic carbocycles. The molecule has 0 aromatic carbocycles. The fourth-order valence-electron chi connectivity index (χ4n) is 1.80. The van der Waals surface area contributed by atoms with Gasteiger partial charge in [0.15, 0.2) is 5.82 Å². The molecule has 0 radical (unpaired) electrons. The number of anilines is 2. The molecule has 1 rings (SSSR count). The number of methoxy groups -OCH3 is 1. The van der Waals surface area contributed by atoms with Gasteiger partial charge in [0, 0.05) is 31.0 Å². The first-order valence-corrected chi connectivity index (χ1v) is 7.94. The molecule has 0 aliphatic rings. The van der Waals surface area contributed by atoms with Gasteiger partial charge >= 0.3 is 0 Å². The topological polar surface area (TPSA) is 79.3 Å². The minimum absolute atomic E-state index is 0.106. The SMILES string of the molecule is CCNc1cc(NC(C)C(CO)SC)nc(COC)n1. The van der Waals surface area contributed by atoms with E-state index >= 15 is 0 Å². The highest BCUT2D eigenvalue weighted by molar-refractivity contribution is 7.99. The second-order valence-corrected chi connectivity index (χ2v) is 5.48. The van der Waals surface area contributed by atoms with Gasteiger partial charge in [-0.2, -0.15) is 11.8 Å². The van der Waals surface area contributed by atoms with Crippen molar-refractivity contribution in [3.05, 3.63) is 11.9 Å². The number of hydrogen-bond donors (Lipinski definition) is 3. The number of aliphatic hydroxyl groups excluding tert-OH is 1. The van der Waals surface area contributed by atoms with Crippen molar-refractivity contribution >= 4 is 23.4 Å². The number of thioether (sulfide) groups is 1. The molecule has 0 saturated heterocycles. The van der Waals surface area contributed by atoms with Crippen LogP contribution in [0.3, 0.4) is 0 Å². The average Bonchev–Trinajstić information content (AvgIpc) is 2.40. The lowest BCUT2D eigenvalue weighted by molar-refractivity contribution is 0.178. The normalized spacial score (nSPS) is 13.8. The van der Waals surface area contributed by atoms with E-state index < -0.39 is 0 Å². The van der Waals surface area contributed by atoms with Crippen molar-refractivity contribution in [1.82, 2.24) is 9.97 Å². The summed E-state index contributed by atoms with van der Waals surface area (Å²) < 4.78 is 5.09. The van der Waals surface area contributed by atoms with Crippen molar-refractivity contribution in [3.8, 4) is 0 Å². The van der Waals surface area contributed by atoms with Gasteiger partial charge in [-0.05, 0) is 20.1 Å². The molecule has 114 valence electrons. The fourth-order valence-corrected chi connectivity index (χ4v) is 2.42. The Labute approximate surface area is 124 Å². The summed E-state index contributed by atoms with van der Waals surface area (Å²) in [6.45, 7) is 5.34. The van der Waals surface area contributed by atoms with E-state index in [4.69, 9.17) is 4.74 Å². The van der Waals surface area contributed by atoms with Crippen LogP contribution < -0.4 is 10.6 Å². The fraction of sp³-hybridized carbons (Fsp3) is 0.692. The quantitative estimate of drug-likeness (QED) is 0.639. The Kier molecular flexibility index (Phi) is 7.64. The van der Waals surface area contributed by atoms with Crippen LogP contribution in [0.1, 0.15) is 19.7 Å². The number of rotatable bonds is 9. The average molecular weight is 300 g/mol. The zero-order chi connectivity index (χ0) is 15.0. The predicted molar refractivity (Wildman–Crippen MR) is 84.4 cm³/mol. The molecule has 0 bridgehead atoms. The largest absolute Gasteiger partial charge is 0.395 e. The molecule has 0 spiro atoms. The highest BCUT2D eigenvalue weighted by atomic mass is 32.2. The van der Waals surface area contributed by atoms with E-state index in [1.807, 2.05) is 26.2 Å². The molecule has 1 heterocycles. The van der Waals surface area contributed by atoms with E-state index in [1.165, 1.54) is 0 Å². The van der Waals surface area contributed by atoms with E-state index in [2.05, 4.69) is 20.6 Å². The van der Waals surface area contributed by atoms with Crippen molar-refractivity contribution in [2.24, 2.45) is 0 Å². The first-order valence-electron chi connectivity index (χ1n) is 6.65. The van der Waals surface area contributed by atoms with Crippen LogP contribution in [-0.4, -0.2) is 52.9 Å². The van der Waals surface area contributed by atoms with Crippen molar-refractivity contribution in [2.75, 3.05) is 37.2 Å². The van der Waals surface area contributed by atoms with Gasteiger partial charge < -0.3 is 20.5 Å². The third-order valence-electron chi connectivity index (χ3n) is 2.82. The number of aliphatic hydroxyl groups is 1. The van der Waals surface area contributed by atoms with Gasteiger partial charge in [0.25, 0.3) is 0 Å². The molecule has 7 heteroatoms. The maximum absolute atomic E-state index is 9.33. The number of nitrogens with one attached hydrogen (secondary N) is 2. The van der Waals surface area contributed by atoms with Crippen molar-refractivity contribution in [1.29, 1.82) is 0 Å². The summed E-state index contributed by atoms with van der Waals surface area (Å²) >= 11 is 1.63. The van der Waals surface area contributed by atoms with Gasteiger partial charge in [0.1, 0.15) is 18.2 Å². The Bertz CT molecular complexity index is 378. The van der Waals surface area contributed by atoms with Crippen LogP contribution in [0.4, 0.5) is 11.6 Å². The van der Waals surface area contributed by atoms with Crippen LogP contribution in [-0.2, 0) is 11.3 Å². The number of hydrogen-bond acceptors (Lipinski definition) is 7. The summed E-state index contributed by atoms with van der Waals surface area (Å²) in [5, 5.41) is 15.9. The van der Waals surface area contributed by atoms with E-state index in [9.17, 15) is 5.11 Å². The van der Waals surface area contributed by atoms with Gasteiger partial charge in [-0.15, -0.1) is 0 Å². The smallest absolute Gasteiger partial charge is 0.158 e. The van der Waals surface area contributed by atoms with Gasteiger partial charge in [0.2, 0.25) is 0 Å². The minimum atomic E-state index is 0.106. The Balaban J connectivity index is 2.86. The standard InChI is InChI=1S/C13H24N4O2S/c1-5-14-11-6-12(17-13(16-11)8-19-3)15-9(2)10(7-18)20-4/h6,9-10,18H,5,7-8H2,1-4H3,(H2,14,15,16,17). The first kappa shape index (κ1) is 17.0. The summed E-state index contributed by atoms with van der Waals surface area (Å²) in [6, 6.07) is 1.98. The van der Waals surface area contributed by atoms with Crippen LogP contribution in [0, 0.1) is 0 Å². The van der Waals surface area contributed by atoms with Gasteiger partial charge in [-0.25, -0.2) is 9.97 Å². The molecule has 2 atom stereocenters. The molecule has 6 nitrogen and oxygen atoms in total. The summed E-state index contributed by atoms with van der Waals surface area (Å²) in [7, 11) is 1.62. The van der Waals surface area contributed by atoms with Crippen LogP contribution >= 0.6 is 11.8 Å². The zero-order valence-electron chi connectivity index (χ0n) is 12.5. The lowest BCUT2D eigenvalue weighted by atomic mass is 10.2. The van der Waals surface area contributed by atoms with Crippen LogP contribution in [0.15, 0.2) is 6.07 Å². The van der Waals surface area contributed by atoms with Crippen molar-refractivity contribution in [3.63, 3.8) is 0 Å². The summed E-state index contributed by atoms with van der Waals surface area (Å²) in [5.41, 5.74) is 0. The Morgan fingerprint density at radius 3 is 2.65 bits per heavy atom. The lowest BCUT2D eigenvalue weighted by Gasteiger charge is -2.22. The number of ether oxygens (including phenoxy) is 1. The molecule has 0 aliphatic heterocycles. The maximum atomic E-state index is 9.33. The zero-order valence-corrected chi connectivity index (χ0v) is 13.3.